The van der Waals surface area contributed by atoms with E-state index in [2.05, 4.69) is 55.6 Å². The first-order chi connectivity index (χ1) is 27.5. The summed E-state index contributed by atoms with van der Waals surface area (Å²) in [5, 5.41) is 43.4. The standard InChI is InChI=1S/C50H95NO5/c1-3-5-7-9-11-13-14-15-16-17-18-19-20-21-22-23-24-25-26-27-28-29-30-31-32-33-34-35-36-38-39-41-43-47(53)49(55)46(45-52)51-50(56)48(54)44-42-40-37-12-10-8-6-4-2/h28-29,32-33,36,38,46-49,52-55H,3-27,30-31,34-35,37,39-45H2,1-2H3,(H,51,56)/b29-28+,33-32+,38-36+. The summed E-state index contributed by atoms with van der Waals surface area (Å²) in [6.07, 6.45) is 53.8. The Hall–Kier alpha value is -1.47. The monoisotopic (exact) mass is 790 g/mol. The van der Waals surface area contributed by atoms with E-state index in [1.807, 2.05) is 0 Å². The van der Waals surface area contributed by atoms with Crippen molar-refractivity contribution in [2.75, 3.05) is 6.61 Å². The molecule has 0 radical (unpaired) electrons. The highest BCUT2D eigenvalue weighted by atomic mass is 16.3. The van der Waals surface area contributed by atoms with E-state index in [-0.39, 0.29) is 0 Å². The highest BCUT2D eigenvalue weighted by molar-refractivity contribution is 5.80. The summed E-state index contributed by atoms with van der Waals surface area (Å²) in [4.78, 5) is 12.4. The van der Waals surface area contributed by atoms with Crippen molar-refractivity contribution in [2.24, 2.45) is 0 Å². The lowest BCUT2D eigenvalue weighted by Gasteiger charge is -2.27. The lowest BCUT2D eigenvalue weighted by Crippen LogP contribution is -2.53. The van der Waals surface area contributed by atoms with Gasteiger partial charge in [0.2, 0.25) is 5.91 Å². The Bertz CT molecular complexity index is 889. The molecule has 4 unspecified atom stereocenters. The first kappa shape index (κ1) is 54.5. The molecule has 0 bridgehead atoms. The van der Waals surface area contributed by atoms with Crippen LogP contribution in [0.2, 0.25) is 0 Å². The third-order valence-corrected chi connectivity index (χ3v) is 11.3. The van der Waals surface area contributed by atoms with Crippen molar-refractivity contribution in [3.05, 3.63) is 36.5 Å². The third-order valence-electron chi connectivity index (χ3n) is 11.3. The van der Waals surface area contributed by atoms with E-state index in [1.54, 1.807) is 0 Å². The molecule has 330 valence electrons. The molecule has 0 saturated carbocycles. The van der Waals surface area contributed by atoms with Crippen molar-refractivity contribution in [1.29, 1.82) is 0 Å². The van der Waals surface area contributed by atoms with Crippen LogP contribution in [0, 0.1) is 0 Å². The third kappa shape index (κ3) is 38.1. The molecule has 0 fully saturated rings. The summed E-state index contributed by atoms with van der Waals surface area (Å²) in [5.74, 6) is -0.604. The quantitative estimate of drug-likeness (QED) is 0.0312. The first-order valence-corrected chi connectivity index (χ1v) is 24.4. The Morgan fingerprint density at radius 3 is 1.12 bits per heavy atom. The minimum atomic E-state index is -1.29. The zero-order chi connectivity index (χ0) is 41.0. The van der Waals surface area contributed by atoms with E-state index >= 15 is 0 Å². The van der Waals surface area contributed by atoms with Crippen LogP contribution in [-0.4, -0.2) is 57.3 Å². The molecule has 56 heavy (non-hydrogen) atoms. The predicted octanol–water partition coefficient (Wildman–Crippen LogP) is 13.3. The van der Waals surface area contributed by atoms with Crippen LogP contribution < -0.4 is 5.32 Å². The number of amides is 1. The SMILES string of the molecule is CCCCCCCCCCCCCCCCCCCCC/C=C/CC/C=C/CC/C=C/CCCC(O)C(O)C(CO)NC(=O)C(O)CCCCCCCCCC. The summed E-state index contributed by atoms with van der Waals surface area (Å²) in [6, 6.07) is -1.01. The topological polar surface area (TPSA) is 110 Å². The maximum absolute atomic E-state index is 12.4. The molecule has 0 aliphatic rings. The lowest BCUT2D eigenvalue weighted by molar-refractivity contribution is -0.132. The summed E-state index contributed by atoms with van der Waals surface area (Å²) in [6.45, 7) is 3.99. The summed E-state index contributed by atoms with van der Waals surface area (Å²) >= 11 is 0. The number of hydrogen-bond acceptors (Lipinski definition) is 5. The van der Waals surface area contributed by atoms with E-state index in [9.17, 15) is 25.2 Å². The van der Waals surface area contributed by atoms with E-state index in [4.69, 9.17) is 0 Å². The van der Waals surface area contributed by atoms with Crippen LogP contribution in [0.15, 0.2) is 36.5 Å². The summed E-state index contributed by atoms with van der Waals surface area (Å²) < 4.78 is 0. The van der Waals surface area contributed by atoms with Crippen LogP contribution in [-0.2, 0) is 4.79 Å². The molecule has 4 atom stereocenters. The highest BCUT2D eigenvalue weighted by Crippen LogP contribution is 2.16. The molecule has 6 heteroatoms. The molecule has 0 aliphatic heterocycles. The molecule has 6 nitrogen and oxygen atoms in total. The van der Waals surface area contributed by atoms with Crippen LogP contribution in [0.5, 0.6) is 0 Å². The molecule has 0 aromatic carbocycles. The average Bonchev–Trinajstić information content (AvgIpc) is 3.20. The average molecular weight is 790 g/mol. The molecule has 0 aromatic heterocycles. The van der Waals surface area contributed by atoms with Gasteiger partial charge in [-0.2, -0.15) is 0 Å². The number of carbonyl (C=O) groups excluding carboxylic acids is 1. The molecule has 0 saturated heterocycles. The number of aliphatic hydroxyl groups is 4. The van der Waals surface area contributed by atoms with Gasteiger partial charge >= 0.3 is 0 Å². The van der Waals surface area contributed by atoms with Crippen molar-refractivity contribution in [1.82, 2.24) is 5.32 Å². The fraction of sp³-hybridized carbons (Fsp3) is 0.860. The van der Waals surface area contributed by atoms with Gasteiger partial charge in [0.15, 0.2) is 0 Å². The van der Waals surface area contributed by atoms with Crippen LogP contribution >= 0.6 is 0 Å². The van der Waals surface area contributed by atoms with E-state index in [0.29, 0.717) is 19.3 Å². The fourth-order valence-corrected chi connectivity index (χ4v) is 7.44. The Kier molecular flexibility index (Phi) is 43.5. The summed E-state index contributed by atoms with van der Waals surface area (Å²) in [7, 11) is 0. The number of unbranched alkanes of at least 4 members (excludes halogenated alkanes) is 29. The van der Waals surface area contributed by atoms with Crippen LogP contribution in [0.1, 0.15) is 245 Å². The van der Waals surface area contributed by atoms with Crippen LogP contribution in [0.4, 0.5) is 0 Å². The van der Waals surface area contributed by atoms with Crippen LogP contribution in [0.3, 0.4) is 0 Å². The second kappa shape index (κ2) is 44.6. The molecule has 0 aromatic rings. The molecular formula is C50H95NO5. The lowest BCUT2D eigenvalue weighted by atomic mass is 10.00. The maximum atomic E-state index is 12.4. The van der Waals surface area contributed by atoms with Gasteiger partial charge in [0.05, 0.1) is 18.8 Å². The van der Waals surface area contributed by atoms with Gasteiger partial charge in [0.1, 0.15) is 12.2 Å². The molecule has 1 amide bonds. The van der Waals surface area contributed by atoms with Gasteiger partial charge < -0.3 is 25.7 Å². The van der Waals surface area contributed by atoms with Gasteiger partial charge in [0.25, 0.3) is 0 Å². The second-order valence-corrected chi connectivity index (χ2v) is 16.8. The second-order valence-electron chi connectivity index (χ2n) is 16.8. The van der Waals surface area contributed by atoms with Gasteiger partial charge in [-0.25, -0.2) is 0 Å². The van der Waals surface area contributed by atoms with Crippen molar-refractivity contribution in [3.63, 3.8) is 0 Å². The number of nitrogens with one attached hydrogen (secondary N) is 1. The van der Waals surface area contributed by atoms with Gasteiger partial charge in [-0.3, -0.25) is 4.79 Å². The normalized spacial score (nSPS) is 14.3. The number of allylic oxidation sites excluding steroid dienone is 6. The van der Waals surface area contributed by atoms with Crippen molar-refractivity contribution in [3.8, 4) is 0 Å². The van der Waals surface area contributed by atoms with E-state index < -0.39 is 36.9 Å². The van der Waals surface area contributed by atoms with Gasteiger partial charge in [-0.05, 0) is 64.2 Å². The molecule has 0 spiro atoms. The van der Waals surface area contributed by atoms with Crippen molar-refractivity contribution >= 4 is 5.91 Å². The smallest absolute Gasteiger partial charge is 0.249 e. The first-order valence-electron chi connectivity index (χ1n) is 24.4. The molecule has 0 aliphatic carbocycles. The molecule has 0 heterocycles. The fourth-order valence-electron chi connectivity index (χ4n) is 7.44. The van der Waals surface area contributed by atoms with Gasteiger partial charge in [-0.15, -0.1) is 0 Å². The molecule has 0 rings (SSSR count). The Balaban J connectivity index is 3.65. The van der Waals surface area contributed by atoms with E-state index in [0.717, 1.165) is 51.4 Å². The van der Waals surface area contributed by atoms with Gasteiger partial charge in [-0.1, -0.05) is 217 Å². The Morgan fingerprint density at radius 2 is 0.750 bits per heavy atom. The molecular weight excluding hydrogens is 695 g/mol. The Morgan fingerprint density at radius 1 is 0.429 bits per heavy atom. The Labute approximate surface area is 347 Å². The predicted molar refractivity (Wildman–Crippen MR) is 242 cm³/mol. The zero-order valence-electron chi connectivity index (χ0n) is 37.1. The number of carbonyl (C=O) groups is 1. The number of hydrogen-bond donors (Lipinski definition) is 5. The molecule has 5 N–H and O–H groups in total. The minimum absolute atomic E-state index is 0.358. The summed E-state index contributed by atoms with van der Waals surface area (Å²) in [5.41, 5.74) is 0. The van der Waals surface area contributed by atoms with Crippen molar-refractivity contribution in [2.45, 2.75) is 269 Å². The maximum Gasteiger partial charge on any atom is 0.249 e. The van der Waals surface area contributed by atoms with Crippen molar-refractivity contribution < 1.29 is 25.2 Å². The zero-order valence-corrected chi connectivity index (χ0v) is 37.1. The van der Waals surface area contributed by atoms with E-state index in [1.165, 1.54) is 161 Å². The highest BCUT2D eigenvalue weighted by Gasteiger charge is 2.28. The van der Waals surface area contributed by atoms with Crippen LogP contribution in [0.25, 0.3) is 0 Å². The number of rotatable bonds is 44. The number of aliphatic hydroxyl groups excluding tert-OH is 4. The minimum Gasteiger partial charge on any atom is -0.394 e. The largest absolute Gasteiger partial charge is 0.394 e. The van der Waals surface area contributed by atoms with Gasteiger partial charge in [0, 0.05) is 0 Å².